The number of carboxylic acid groups (broad SMARTS) is 1. The summed E-state index contributed by atoms with van der Waals surface area (Å²) in [5, 5.41) is 9.64. The predicted molar refractivity (Wildman–Crippen MR) is 115 cm³/mol. The highest BCUT2D eigenvalue weighted by Crippen LogP contribution is 2.37. The highest BCUT2D eigenvalue weighted by atomic mass is 79.9. The molecule has 0 saturated carbocycles. The first-order valence-corrected chi connectivity index (χ1v) is 10.8. The maximum atomic E-state index is 15.1. The predicted octanol–water partition coefficient (Wildman–Crippen LogP) is 6.05. The van der Waals surface area contributed by atoms with E-state index in [2.05, 4.69) is 29.8 Å². The van der Waals surface area contributed by atoms with Crippen molar-refractivity contribution in [2.24, 2.45) is 5.92 Å². The molecule has 29 heavy (non-hydrogen) atoms. The van der Waals surface area contributed by atoms with E-state index in [1.165, 1.54) is 4.90 Å². The minimum absolute atomic E-state index is 0.198. The molecular weight excluding hydrogens is 437 g/mol. The van der Waals surface area contributed by atoms with E-state index in [1.54, 1.807) is 0 Å². The van der Waals surface area contributed by atoms with E-state index in [0.717, 1.165) is 17.5 Å². The molecule has 6 heteroatoms. The van der Waals surface area contributed by atoms with Gasteiger partial charge in [0.05, 0.1) is 4.47 Å². The van der Waals surface area contributed by atoms with Gasteiger partial charge in [0.1, 0.15) is 18.2 Å². The van der Waals surface area contributed by atoms with E-state index in [-0.39, 0.29) is 11.9 Å². The van der Waals surface area contributed by atoms with Crippen LogP contribution in [0.25, 0.3) is 0 Å². The van der Waals surface area contributed by atoms with Crippen molar-refractivity contribution in [1.29, 1.82) is 0 Å². The quantitative estimate of drug-likeness (QED) is 0.543. The van der Waals surface area contributed by atoms with Crippen LogP contribution in [0, 0.1) is 11.7 Å². The van der Waals surface area contributed by atoms with Gasteiger partial charge in [0.2, 0.25) is 0 Å². The number of rotatable bonds is 7. The minimum Gasteiger partial charge on any atom is -0.488 e. The maximum absolute atomic E-state index is 15.1. The number of benzene rings is 2. The fourth-order valence-electron chi connectivity index (χ4n) is 3.73. The Bertz CT molecular complexity index is 857. The summed E-state index contributed by atoms with van der Waals surface area (Å²) in [7, 11) is 0. The molecule has 0 aliphatic heterocycles. The van der Waals surface area contributed by atoms with Crippen LogP contribution in [-0.4, -0.2) is 28.7 Å². The summed E-state index contributed by atoms with van der Waals surface area (Å²) >= 11 is 3.34. The summed E-state index contributed by atoms with van der Waals surface area (Å²) in [5.74, 6) is 0.561. The van der Waals surface area contributed by atoms with Crippen LogP contribution < -0.4 is 4.74 Å². The van der Waals surface area contributed by atoms with E-state index in [4.69, 9.17) is 4.74 Å². The van der Waals surface area contributed by atoms with E-state index in [1.807, 2.05) is 36.4 Å². The number of ether oxygens (including phenoxy) is 1. The van der Waals surface area contributed by atoms with Gasteiger partial charge in [-0.15, -0.1) is 0 Å². The van der Waals surface area contributed by atoms with Crippen LogP contribution in [0.3, 0.4) is 0 Å². The molecule has 1 aliphatic rings. The first-order chi connectivity index (χ1) is 13.9. The second kappa shape index (κ2) is 9.61. The molecule has 0 bridgehead atoms. The molecule has 4 nitrogen and oxygen atoms in total. The van der Waals surface area contributed by atoms with Gasteiger partial charge in [0.25, 0.3) is 0 Å². The summed E-state index contributed by atoms with van der Waals surface area (Å²) in [5.41, 5.74) is 2.51. The Labute approximate surface area is 179 Å². The monoisotopic (exact) mass is 463 g/mol. The smallest absolute Gasteiger partial charge is 0.407 e. The highest BCUT2D eigenvalue weighted by molar-refractivity contribution is 9.10. The largest absolute Gasteiger partial charge is 0.488 e. The Morgan fingerprint density at radius 2 is 2.07 bits per heavy atom. The van der Waals surface area contributed by atoms with E-state index < -0.39 is 6.09 Å². The van der Waals surface area contributed by atoms with Crippen LogP contribution in [-0.2, 0) is 19.4 Å². The summed E-state index contributed by atoms with van der Waals surface area (Å²) in [6, 6.07) is 11.4. The molecule has 0 saturated heterocycles. The lowest BCUT2D eigenvalue weighted by Gasteiger charge is -2.34. The first kappa shape index (κ1) is 21.6. The summed E-state index contributed by atoms with van der Waals surface area (Å²) in [4.78, 5) is 13.2. The van der Waals surface area contributed by atoms with Gasteiger partial charge in [0, 0.05) is 12.6 Å². The number of carbonyl (C=O) groups is 1. The zero-order chi connectivity index (χ0) is 21.0. The molecule has 2 aromatic rings. The number of nitrogens with zero attached hydrogens (tertiary/aromatic N) is 1. The van der Waals surface area contributed by atoms with Gasteiger partial charge in [-0.3, -0.25) is 0 Å². The molecule has 0 fully saturated rings. The van der Waals surface area contributed by atoms with Gasteiger partial charge in [-0.05, 0) is 70.3 Å². The van der Waals surface area contributed by atoms with Crippen LogP contribution in [0.2, 0.25) is 0 Å². The lowest BCUT2D eigenvalue weighted by Crippen LogP contribution is -2.43. The van der Waals surface area contributed by atoms with Crippen LogP contribution >= 0.6 is 15.9 Å². The Balaban J connectivity index is 1.77. The lowest BCUT2D eigenvalue weighted by atomic mass is 9.86. The zero-order valence-corrected chi connectivity index (χ0v) is 18.4. The zero-order valence-electron chi connectivity index (χ0n) is 16.8. The Kier molecular flexibility index (Phi) is 7.17. The standard InChI is InChI=1S/C23H27BrFNO3/c1-15(2)10-11-26(23(27)28)18-9-8-17-12-20(21(24)22(25)19(17)13-18)29-14-16-6-4-3-5-7-16/h3-7,12,15,18H,8-11,13-14H2,1-2H3,(H,27,28)/t18-/m1/s1. The minimum atomic E-state index is -0.929. The summed E-state index contributed by atoms with van der Waals surface area (Å²) in [6.45, 7) is 4.99. The van der Waals surface area contributed by atoms with Crippen molar-refractivity contribution >= 4 is 22.0 Å². The fourth-order valence-corrected chi connectivity index (χ4v) is 4.20. The van der Waals surface area contributed by atoms with Gasteiger partial charge in [0.15, 0.2) is 0 Å². The van der Waals surface area contributed by atoms with E-state index in [9.17, 15) is 9.90 Å². The van der Waals surface area contributed by atoms with Gasteiger partial charge in [-0.2, -0.15) is 0 Å². The number of fused-ring (bicyclic) bond motifs is 1. The van der Waals surface area contributed by atoms with Crippen molar-refractivity contribution in [3.8, 4) is 5.75 Å². The van der Waals surface area contributed by atoms with Crippen LogP contribution in [0.15, 0.2) is 40.9 Å². The third kappa shape index (κ3) is 5.30. The summed E-state index contributed by atoms with van der Waals surface area (Å²) < 4.78 is 21.3. The number of hydrogen-bond acceptors (Lipinski definition) is 2. The van der Waals surface area contributed by atoms with Gasteiger partial charge in [-0.1, -0.05) is 44.2 Å². The number of aryl methyl sites for hydroxylation is 1. The molecule has 0 unspecified atom stereocenters. The van der Waals surface area contributed by atoms with Crippen LogP contribution in [0.1, 0.15) is 43.4 Å². The third-order valence-electron chi connectivity index (χ3n) is 5.42. The number of halogens is 2. The molecule has 1 aliphatic carbocycles. The molecule has 2 aromatic carbocycles. The van der Waals surface area contributed by atoms with Crippen molar-refractivity contribution in [2.45, 2.75) is 52.2 Å². The molecule has 3 rings (SSSR count). The number of amides is 1. The molecular formula is C23H27BrFNO3. The van der Waals surface area contributed by atoms with Crippen LogP contribution in [0.4, 0.5) is 9.18 Å². The Morgan fingerprint density at radius 3 is 2.72 bits per heavy atom. The van der Waals surface area contributed by atoms with Gasteiger partial charge < -0.3 is 14.7 Å². The topological polar surface area (TPSA) is 49.8 Å². The molecule has 156 valence electrons. The SMILES string of the molecule is CC(C)CCN(C(=O)O)[C@@H]1CCc2cc(OCc3ccccc3)c(Br)c(F)c2C1. The van der Waals surface area contributed by atoms with E-state index >= 15 is 4.39 Å². The Hall–Kier alpha value is -2.08. The van der Waals surface area contributed by atoms with Crippen molar-refractivity contribution in [3.63, 3.8) is 0 Å². The fraction of sp³-hybridized carbons (Fsp3) is 0.435. The molecule has 0 spiro atoms. The van der Waals surface area contributed by atoms with Crippen LogP contribution in [0.5, 0.6) is 5.75 Å². The second-order valence-corrected chi connectivity index (χ2v) is 8.76. The Morgan fingerprint density at radius 1 is 1.34 bits per heavy atom. The normalized spacial score (nSPS) is 15.8. The highest BCUT2D eigenvalue weighted by Gasteiger charge is 2.30. The van der Waals surface area contributed by atoms with Crippen molar-refractivity contribution < 1.29 is 19.0 Å². The van der Waals surface area contributed by atoms with E-state index in [0.29, 0.717) is 54.1 Å². The van der Waals surface area contributed by atoms with Crippen molar-refractivity contribution in [1.82, 2.24) is 4.90 Å². The van der Waals surface area contributed by atoms with Crippen molar-refractivity contribution in [2.75, 3.05) is 6.54 Å². The molecule has 0 heterocycles. The second-order valence-electron chi connectivity index (χ2n) is 7.97. The molecule has 0 aromatic heterocycles. The summed E-state index contributed by atoms with van der Waals surface area (Å²) in [6.07, 6.45) is 1.59. The van der Waals surface area contributed by atoms with Gasteiger partial charge >= 0.3 is 6.09 Å². The van der Waals surface area contributed by atoms with Gasteiger partial charge in [-0.25, -0.2) is 9.18 Å². The molecule has 1 amide bonds. The third-order valence-corrected chi connectivity index (χ3v) is 6.16. The average Bonchev–Trinajstić information content (AvgIpc) is 2.70. The number of hydrogen-bond donors (Lipinski definition) is 1. The average molecular weight is 464 g/mol. The maximum Gasteiger partial charge on any atom is 0.407 e. The first-order valence-electron chi connectivity index (χ1n) is 10.0. The molecule has 0 radical (unpaired) electrons. The molecule has 1 N–H and O–H groups in total. The molecule has 1 atom stereocenters. The lowest BCUT2D eigenvalue weighted by molar-refractivity contribution is 0.116. The van der Waals surface area contributed by atoms with Crippen molar-refractivity contribution in [3.05, 3.63) is 63.4 Å².